The van der Waals surface area contributed by atoms with Gasteiger partial charge in [0.2, 0.25) is 0 Å². The highest BCUT2D eigenvalue weighted by Gasteiger charge is 2.20. The Morgan fingerprint density at radius 1 is 0.875 bits per heavy atom. The second-order valence-corrected chi connectivity index (χ2v) is 9.04. The molecule has 4 aromatic carbocycles. The molecule has 9 heteroatoms. The SMILES string of the molecule is COc1ccc2[nH]c(C(=O)NN=Cc3ccc(OC(=O)c4ccccc4Cl)c(OC)c3)c(-c3ccccc3)c2c1. The summed E-state index contributed by atoms with van der Waals surface area (Å²) in [6.07, 6.45) is 1.47. The second kappa shape index (κ2) is 11.8. The fourth-order valence-electron chi connectivity index (χ4n) is 4.22. The number of aromatic nitrogens is 1. The molecule has 5 aromatic rings. The summed E-state index contributed by atoms with van der Waals surface area (Å²) < 4.78 is 16.3. The molecule has 1 heterocycles. The smallest absolute Gasteiger partial charge is 0.345 e. The van der Waals surface area contributed by atoms with Crippen molar-refractivity contribution in [1.29, 1.82) is 0 Å². The second-order valence-electron chi connectivity index (χ2n) is 8.63. The quantitative estimate of drug-likeness (QED) is 0.0989. The van der Waals surface area contributed by atoms with Gasteiger partial charge in [0.15, 0.2) is 11.5 Å². The number of halogens is 1. The highest BCUT2D eigenvalue weighted by Crippen LogP contribution is 2.35. The van der Waals surface area contributed by atoms with Gasteiger partial charge < -0.3 is 19.2 Å². The van der Waals surface area contributed by atoms with E-state index in [9.17, 15) is 9.59 Å². The number of esters is 1. The molecule has 8 nitrogen and oxygen atoms in total. The molecule has 40 heavy (non-hydrogen) atoms. The zero-order chi connectivity index (χ0) is 28.1. The van der Waals surface area contributed by atoms with Crippen molar-refractivity contribution >= 4 is 40.6 Å². The summed E-state index contributed by atoms with van der Waals surface area (Å²) >= 11 is 6.10. The summed E-state index contributed by atoms with van der Waals surface area (Å²) in [6.45, 7) is 0. The van der Waals surface area contributed by atoms with E-state index in [4.69, 9.17) is 25.8 Å². The molecule has 0 saturated carbocycles. The average Bonchev–Trinajstić information content (AvgIpc) is 3.37. The number of ether oxygens (including phenoxy) is 3. The third-order valence-corrected chi connectivity index (χ3v) is 6.49. The Labute approximate surface area is 235 Å². The van der Waals surface area contributed by atoms with Crippen LogP contribution in [0.15, 0.2) is 96.1 Å². The maximum absolute atomic E-state index is 13.2. The number of amides is 1. The van der Waals surface area contributed by atoms with Gasteiger partial charge >= 0.3 is 5.97 Å². The van der Waals surface area contributed by atoms with E-state index < -0.39 is 11.9 Å². The van der Waals surface area contributed by atoms with Crippen molar-refractivity contribution in [3.8, 4) is 28.4 Å². The number of H-pyrrole nitrogens is 1. The van der Waals surface area contributed by atoms with Crippen LogP contribution in [0.4, 0.5) is 0 Å². The lowest BCUT2D eigenvalue weighted by Crippen LogP contribution is -2.18. The number of rotatable bonds is 8. The average molecular weight is 554 g/mol. The van der Waals surface area contributed by atoms with E-state index in [0.29, 0.717) is 22.8 Å². The van der Waals surface area contributed by atoms with Gasteiger partial charge in [0.25, 0.3) is 5.91 Å². The fourth-order valence-corrected chi connectivity index (χ4v) is 4.44. The number of hydrazone groups is 1. The minimum Gasteiger partial charge on any atom is -0.497 e. The van der Waals surface area contributed by atoms with Crippen molar-refractivity contribution in [2.45, 2.75) is 0 Å². The van der Waals surface area contributed by atoms with E-state index in [0.717, 1.165) is 22.0 Å². The molecule has 0 aliphatic carbocycles. The van der Waals surface area contributed by atoms with Crippen LogP contribution >= 0.6 is 11.6 Å². The molecule has 1 aromatic heterocycles. The molecule has 0 fully saturated rings. The first-order valence-corrected chi connectivity index (χ1v) is 12.6. The molecule has 0 saturated heterocycles. The first kappa shape index (κ1) is 26.5. The van der Waals surface area contributed by atoms with Gasteiger partial charge in [-0.3, -0.25) is 4.79 Å². The van der Waals surface area contributed by atoms with Crippen LogP contribution < -0.4 is 19.6 Å². The molecule has 0 bridgehead atoms. The van der Waals surface area contributed by atoms with Crippen molar-refractivity contribution in [1.82, 2.24) is 10.4 Å². The minimum absolute atomic E-state index is 0.217. The lowest BCUT2D eigenvalue weighted by molar-refractivity contribution is 0.0729. The summed E-state index contributed by atoms with van der Waals surface area (Å²) in [5.41, 5.74) is 6.22. The van der Waals surface area contributed by atoms with E-state index in [1.54, 1.807) is 49.6 Å². The third-order valence-electron chi connectivity index (χ3n) is 6.16. The van der Waals surface area contributed by atoms with E-state index in [-0.39, 0.29) is 16.3 Å². The summed E-state index contributed by atoms with van der Waals surface area (Å²) in [5.74, 6) is 0.190. The minimum atomic E-state index is -0.609. The maximum Gasteiger partial charge on any atom is 0.345 e. The van der Waals surface area contributed by atoms with Crippen molar-refractivity contribution in [2.24, 2.45) is 5.10 Å². The summed E-state index contributed by atoms with van der Waals surface area (Å²) in [7, 11) is 3.06. The Hall–Kier alpha value is -5.08. The monoisotopic (exact) mass is 553 g/mol. The van der Waals surface area contributed by atoms with Crippen molar-refractivity contribution in [3.05, 3.63) is 113 Å². The molecule has 0 aliphatic rings. The number of hydrogen-bond donors (Lipinski definition) is 2. The van der Waals surface area contributed by atoms with Gasteiger partial charge in [-0.05, 0) is 59.7 Å². The molecule has 0 spiro atoms. The predicted molar refractivity (Wildman–Crippen MR) is 155 cm³/mol. The number of hydrogen-bond acceptors (Lipinski definition) is 6. The third kappa shape index (κ3) is 5.52. The molecular weight excluding hydrogens is 530 g/mol. The molecular formula is C31H24ClN3O5. The molecule has 2 N–H and O–H groups in total. The molecule has 5 rings (SSSR count). The maximum atomic E-state index is 13.2. The first-order valence-electron chi connectivity index (χ1n) is 12.2. The van der Waals surface area contributed by atoms with Crippen molar-refractivity contribution in [3.63, 3.8) is 0 Å². The Balaban J connectivity index is 1.36. The van der Waals surface area contributed by atoms with E-state index in [1.807, 2.05) is 48.5 Å². The Bertz CT molecular complexity index is 1730. The number of nitrogens with one attached hydrogen (secondary N) is 2. The lowest BCUT2D eigenvalue weighted by atomic mass is 10.0. The van der Waals surface area contributed by atoms with Gasteiger partial charge in [-0.25, -0.2) is 10.2 Å². The fraction of sp³-hybridized carbons (Fsp3) is 0.0645. The van der Waals surface area contributed by atoms with Crippen LogP contribution in [0.2, 0.25) is 5.02 Å². The molecule has 0 unspecified atom stereocenters. The van der Waals surface area contributed by atoms with Crippen LogP contribution in [0.5, 0.6) is 17.2 Å². The summed E-state index contributed by atoms with van der Waals surface area (Å²) in [4.78, 5) is 29.0. The highest BCUT2D eigenvalue weighted by atomic mass is 35.5. The van der Waals surface area contributed by atoms with Crippen LogP contribution in [-0.4, -0.2) is 37.3 Å². The van der Waals surface area contributed by atoms with E-state index in [1.165, 1.54) is 13.3 Å². The van der Waals surface area contributed by atoms with E-state index in [2.05, 4.69) is 15.5 Å². The highest BCUT2D eigenvalue weighted by molar-refractivity contribution is 6.33. The van der Waals surface area contributed by atoms with Crippen LogP contribution in [0.3, 0.4) is 0 Å². The number of methoxy groups -OCH3 is 2. The van der Waals surface area contributed by atoms with E-state index >= 15 is 0 Å². The number of aromatic amines is 1. The van der Waals surface area contributed by atoms with Gasteiger partial charge in [-0.2, -0.15) is 5.10 Å². The molecule has 0 atom stereocenters. The molecule has 0 aliphatic heterocycles. The lowest BCUT2D eigenvalue weighted by Gasteiger charge is -2.10. The molecule has 1 amide bonds. The summed E-state index contributed by atoms with van der Waals surface area (Å²) in [5, 5.41) is 5.27. The van der Waals surface area contributed by atoms with Crippen LogP contribution in [0.25, 0.3) is 22.0 Å². The topological polar surface area (TPSA) is 102 Å². The molecule has 200 valence electrons. The van der Waals surface area contributed by atoms with Gasteiger partial charge in [0.05, 0.1) is 31.0 Å². The summed E-state index contributed by atoms with van der Waals surface area (Å²) in [6, 6.07) is 26.7. The van der Waals surface area contributed by atoms with Gasteiger partial charge in [0, 0.05) is 16.5 Å². The Morgan fingerprint density at radius 3 is 2.40 bits per heavy atom. The van der Waals surface area contributed by atoms with Crippen LogP contribution in [0.1, 0.15) is 26.4 Å². The Morgan fingerprint density at radius 2 is 1.65 bits per heavy atom. The molecule has 0 radical (unpaired) electrons. The van der Waals surface area contributed by atoms with Gasteiger partial charge in [0.1, 0.15) is 11.4 Å². The standard InChI is InChI=1S/C31H24ClN3O5/c1-38-21-13-14-25-23(17-21)28(20-8-4-3-5-9-20)29(34-25)30(36)35-33-18-19-12-15-26(27(16-19)39-2)40-31(37)22-10-6-7-11-24(22)32/h3-18,34H,1-2H3,(H,35,36). The first-order chi connectivity index (χ1) is 19.5. The van der Waals surface area contributed by atoms with Crippen LogP contribution in [-0.2, 0) is 0 Å². The number of carbonyl (C=O) groups excluding carboxylic acids is 2. The number of carbonyl (C=O) groups is 2. The normalized spacial score (nSPS) is 11.0. The van der Waals surface area contributed by atoms with Gasteiger partial charge in [-0.1, -0.05) is 54.1 Å². The van der Waals surface area contributed by atoms with Crippen LogP contribution in [0, 0.1) is 0 Å². The zero-order valence-electron chi connectivity index (χ0n) is 21.6. The number of fused-ring (bicyclic) bond motifs is 1. The predicted octanol–water partition coefficient (Wildman–Crippen LogP) is 6.49. The largest absolute Gasteiger partial charge is 0.497 e. The number of benzene rings is 4. The van der Waals surface area contributed by atoms with Crippen molar-refractivity contribution < 1.29 is 23.8 Å². The number of nitrogens with zero attached hydrogens (tertiary/aromatic N) is 1. The van der Waals surface area contributed by atoms with Crippen molar-refractivity contribution in [2.75, 3.05) is 14.2 Å². The Kier molecular flexibility index (Phi) is 7.80. The van der Waals surface area contributed by atoms with Gasteiger partial charge in [-0.15, -0.1) is 0 Å². The zero-order valence-corrected chi connectivity index (χ0v) is 22.4.